The van der Waals surface area contributed by atoms with E-state index in [1.807, 2.05) is 0 Å². The summed E-state index contributed by atoms with van der Waals surface area (Å²) >= 11 is 0. The van der Waals surface area contributed by atoms with Crippen LogP contribution >= 0.6 is 7.60 Å². The minimum atomic E-state index is -3.34. The monoisotopic (exact) mass is 174 g/mol. The molecule has 0 aromatic carbocycles. The van der Waals surface area contributed by atoms with Crippen LogP contribution in [0.4, 0.5) is 0 Å². The van der Waals surface area contributed by atoms with E-state index in [4.69, 9.17) is 9.42 Å². The fraction of sp³-hybridized carbons (Fsp3) is 0.714. The second kappa shape index (κ2) is 2.19. The third-order valence-electron chi connectivity index (χ3n) is 2.33. The van der Waals surface area contributed by atoms with Gasteiger partial charge in [-0.3, -0.25) is 9.09 Å². The zero-order valence-corrected chi connectivity index (χ0v) is 7.09. The number of rotatable bonds is 0. The normalized spacial score (nSPS) is 40.5. The van der Waals surface area contributed by atoms with Crippen LogP contribution in [0.3, 0.4) is 0 Å². The molecule has 0 saturated heterocycles. The summed E-state index contributed by atoms with van der Waals surface area (Å²) in [5, 5.41) is 0. The molecule has 0 aromatic rings. The lowest BCUT2D eigenvalue weighted by molar-refractivity contribution is 0.124. The summed E-state index contributed by atoms with van der Waals surface area (Å²) in [5.41, 5.74) is -0.371. The standard InChI is InChI=1S/C7H11O3P/c8-11(9)6-5-7(10-11)3-1-2-4-7/h5-6H,1-4H2,(H,8,9). The molecule has 0 amide bonds. The zero-order chi connectivity index (χ0) is 7.95. The van der Waals surface area contributed by atoms with Crippen LogP contribution in [0.5, 0.6) is 0 Å². The van der Waals surface area contributed by atoms with Crippen molar-refractivity contribution in [1.29, 1.82) is 0 Å². The van der Waals surface area contributed by atoms with Crippen molar-refractivity contribution < 1.29 is 14.0 Å². The van der Waals surface area contributed by atoms with Gasteiger partial charge in [-0.2, -0.15) is 0 Å². The smallest absolute Gasteiger partial charge is 0.321 e. The van der Waals surface area contributed by atoms with Crippen LogP contribution in [0.15, 0.2) is 11.9 Å². The average molecular weight is 174 g/mol. The molecule has 1 N–H and O–H groups in total. The van der Waals surface area contributed by atoms with Gasteiger partial charge in [-0.15, -0.1) is 0 Å². The van der Waals surface area contributed by atoms with E-state index in [1.165, 1.54) is 5.82 Å². The van der Waals surface area contributed by atoms with Crippen molar-refractivity contribution in [3.05, 3.63) is 11.9 Å². The Labute approximate surface area is 65.6 Å². The number of hydrogen-bond acceptors (Lipinski definition) is 2. The molecule has 1 aliphatic heterocycles. The molecule has 1 unspecified atom stereocenters. The first-order valence-corrected chi connectivity index (χ1v) is 5.50. The van der Waals surface area contributed by atoms with Gasteiger partial charge in [-0.05, 0) is 18.9 Å². The van der Waals surface area contributed by atoms with E-state index < -0.39 is 7.60 Å². The van der Waals surface area contributed by atoms with Gasteiger partial charge in [-0.1, -0.05) is 12.8 Å². The van der Waals surface area contributed by atoms with Gasteiger partial charge in [-0.25, -0.2) is 0 Å². The Hall–Kier alpha value is -0.110. The minimum Gasteiger partial charge on any atom is -0.321 e. The van der Waals surface area contributed by atoms with Crippen molar-refractivity contribution in [1.82, 2.24) is 0 Å². The summed E-state index contributed by atoms with van der Waals surface area (Å²) in [6, 6.07) is 0. The SMILES string of the molecule is O=P1(O)C=CC2(CCCC2)O1. The molecule has 1 heterocycles. The fourth-order valence-corrected chi connectivity index (χ4v) is 3.07. The fourth-order valence-electron chi connectivity index (χ4n) is 1.78. The van der Waals surface area contributed by atoms with Gasteiger partial charge >= 0.3 is 7.60 Å². The van der Waals surface area contributed by atoms with Crippen LogP contribution in [-0.2, 0) is 9.09 Å². The molecule has 11 heavy (non-hydrogen) atoms. The molecule has 0 bridgehead atoms. The molecule has 1 fully saturated rings. The Morgan fingerprint density at radius 2 is 2.09 bits per heavy atom. The lowest BCUT2D eigenvalue weighted by Crippen LogP contribution is -2.20. The van der Waals surface area contributed by atoms with Gasteiger partial charge in [0.05, 0.1) is 5.60 Å². The Morgan fingerprint density at radius 1 is 1.45 bits per heavy atom. The van der Waals surface area contributed by atoms with Gasteiger partial charge in [0.25, 0.3) is 0 Å². The lowest BCUT2D eigenvalue weighted by Gasteiger charge is -2.20. The van der Waals surface area contributed by atoms with Crippen molar-refractivity contribution >= 4 is 7.60 Å². The molecule has 3 nitrogen and oxygen atoms in total. The molecule has 1 atom stereocenters. The molecule has 1 saturated carbocycles. The van der Waals surface area contributed by atoms with Gasteiger partial charge in [0.2, 0.25) is 0 Å². The van der Waals surface area contributed by atoms with Crippen molar-refractivity contribution in [2.75, 3.05) is 0 Å². The van der Waals surface area contributed by atoms with Crippen molar-refractivity contribution in [3.8, 4) is 0 Å². The second-order valence-corrected chi connectivity index (χ2v) is 4.85. The predicted molar refractivity (Wildman–Crippen MR) is 41.2 cm³/mol. The third kappa shape index (κ3) is 1.28. The van der Waals surface area contributed by atoms with Crippen LogP contribution in [-0.4, -0.2) is 10.5 Å². The highest BCUT2D eigenvalue weighted by molar-refractivity contribution is 7.56. The maximum Gasteiger partial charge on any atom is 0.352 e. The molecule has 2 aliphatic rings. The number of hydrogen-bond donors (Lipinski definition) is 1. The Morgan fingerprint density at radius 3 is 2.55 bits per heavy atom. The molecule has 1 aliphatic carbocycles. The van der Waals surface area contributed by atoms with Gasteiger partial charge in [0.1, 0.15) is 0 Å². The van der Waals surface area contributed by atoms with Crippen LogP contribution in [0.2, 0.25) is 0 Å². The molecular weight excluding hydrogens is 163 g/mol. The Balaban J connectivity index is 2.21. The largest absolute Gasteiger partial charge is 0.352 e. The predicted octanol–water partition coefficient (Wildman–Crippen LogP) is 2.03. The van der Waals surface area contributed by atoms with Crippen LogP contribution in [0.1, 0.15) is 25.7 Å². The quantitative estimate of drug-likeness (QED) is 0.571. The summed E-state index contributed by atoms with van der Waals surface area (Å²) in [6.45, 7) is 0. The van der Waals surface area contributed by atoms with Crippen molar-refractivity contribution in [3.63, 3.8) is 0 Å². The van der Waals surface area contributed by atoms with Crippen molar-refractivity contribution in [2.45, 2.75) is 31.3 Å². The zero-order valence-electron chi connectivity index (χ0n) is 6.19. The summed E-state index contributed by atoms with van der Waals surface area (Å²) in [5.74, 6) is 1.32. The van der Waals surface area contributed by atoms with E-state index in [0.29, 0.717) is 0 Å². The van der Waals surface area contributed by atoms with Crippen LogP contribution in [0.25, 0.3) is 0 Å². The average Bonchev–Trinajstić information content (AvgIpc) is 2.43. The topological polar surface area (TPSA) is 46.5 Å². The van der Waals surface area contributed by atoms with Crippen LogP contribution in [0, 0.1) is 0 Å². The van der Waals surface area contributed by atoms with E-state index >= 15 is 0 Å². The van der Waals surface area contributed by atoms with E-state index in [0.717, 1.165) is 25.7 Å². The molecule has 1 spiro atoms. The summed E-state index contributed by atoms with van der Waals surface area (Å²) in [7, 11) is -3.34. The van der Waals surface area contributed by atoms with E-state index in [9.17, 15) is 4.57 Å². The van der Waals surface area contributed by atoms with E-state index in [2.05, 4.69) is 0 Å². The maximum absolute atomic E-state index is 11.0. The van der Waals surface area contributed by atoms with Gasteiger partial charge in [0.15, 0.2) is 0 Å². The summed E-state index contributed by atoms with van der Waals surface area (Å²) in [6.07, 6.45) is 5.76. The Bertz CT molecular complexity index is 240. The highest BCUT2D eigenvalue weighted by Crippen LogP contribution is 2.57. The highest BCUT2D eigenvalue weighted by Gasteiger charge is 2.42. The Kier molecular flexibility index (Phi) is 1.50. The first kappa shape index (κ1) is 7.53. The molecular formula is C7H11O3P. The first-order chi connectivity index (χ1) is 5.12. The molecule has 2 rings (SSSR count). The van der Waals surface area contributed by atoms with Gasteiger partial charge < -0.3 is 4.89 Å². The summed E-state index contributed by atoms with van der Waals surface area (Å²) in [4.78, 5) is 9.07. The third-order valence-corrected chi connectivity index (χ3v) is 3.48. The molecule has 4 heteroatoms. The highest BCUT2D eigenvalue weighted by atomic mass is 31.2. The summed E-state index contributed by atoms with van der Waals surface area (Å²) < 4.78 is 16.1. The van der Waals surface area contributed by atoms with E-state index in [1.54, 1.807) is 6.08 Å². The first-order valence-electron chi connectivity index (χ1n) is 3.86. The van der Waals surface area contributed by atoms with Gasteiger partial charge in [0, 0.05) is 5.82 Å². The maximum atomic E-state index is 11.0. The lowest BCUT2D eigenvalue weighted by atomic mass is 10.0. The molecule has 0 radical (unpaired) electrons. The van der Waals surface area contributed by atoms with Crippen LogP contribution < -0.4 is 0 Å². The second-order valence-electron chi connectivity index (χ2n) is 3.24. The minimum absolute atomic E-state index is 0.371. The molecule has 62 valence electrons. The van der Waals surface area contributed by atoms with E-state index in [-0.39, 0.29) is 5.60 Å². The van der Waals surface area contributed by atoms with Crippen molar-refractivity contribution in [2.24, 2.45) is 0 Å². The molecule has 0 aromatic heterocycles.